The fraction of sp³-hybridized carbons (Fsp3) is 0.357. The molecule has 8 nitrogen and oxygen atoms in total. The first-order valence-electron chi connectivity index (χ1n) is 12.6. The van der Waals surface area contributed by atoms with Crippen molar-refractivity contribution in [3.8, 4) is 5.69 Å². The van der Waals surface area contributed by atoms with Gasteiger partial charge in [0.1, 0.15) is 11.2 Å². The predicted molar refractivity (Wildman–Crippen MR) is 141 cm³/mol. The summed E-state index contributed by atoms with van der Waals surface area (Å²) in [5.41, 5.74) is 5.08. The van der Waals surface area contributed by atoms with Crippen LogP contribution in [0.1, 0.15) is 42.6 Å². The van der Waals surface area contributed by atoms with Crippen molar-refractivity contribution in [1.29, 1.82) is 0 Å². The molecule has 1 fully saturated rings. The van der Waals surface area contributed by atoms with Gasteiger partial charge in [-0.2, -0.15) is 5.10 Å². The van der Waals surface area contributed by atoms with Crippen molar-refractivity contribution in [3.05, 3.63) is 81.9 Å². The van der Waals surface area contributed by atoms with Crippen LogP contribution in [0.25, 0.3) is 16.9 Å². The quantitative estimate of drug-likeness (QED) is 0.429. The Morgan fingerprint density at radius 2 is 1.72 bits per heavy atom. The molecule has 2 aromatic carbocycles. The molecule has 0 spiro atoms. The lowest BCUT2D eigenvalue weighted by Crippen LogP contribution is -2.29. The van der Waals surface area contributed by atoms with Gasteiger partial charge in [-0.3, -0.25) is 19.1 Å². The van der Waals surface area contributed by atoms with Gasteiger partial charge in [0.25, 0.3) is 5.56 Å². The third-order valence-corrected chi connectivity index (χ3v) is 6.80. The lowest BCUT2D eigenvalue weighted by Gasteiger charge is -2.26. The van der Waals surface area contributed by atoms with E-state index in [1.54, 1.807) is 16.3 Å². The monoisotopic (exact) mass is 484 g/mol. The van der Waals surface area contributed by atoms with Crippen LogP contribution in [0.5, 0.6) is 0 Å². The number of hydrogen-bond acceptors (Lipinski definition) is 5. The molecule has 36 heavy (non-hydrogen) atoms. The lowest BCUT2D eigenvalue weighted by atomic mass is 10.1. The smallest absolute Gasteiger partial charge is 0.273 e. The molecule has 8 heteroatoms. The average Bonchev–Trinajstić information content (AvgIpc) is 3.24. The van der Waals surface area contributed by atoms with Crippen LogP contribution in [0, 0.1) is 6.92 Å². The van der Waals surface area contributed by atoms with Gasteiger partial charge in [0.15, 0.2) is 5.65 Å². The maximum atomic E-state index is 13.1. The minimum Gasteiger partial charge on any atom is -0.326 e. The van der Waals surface area contributed by atoms with E-state index in [1.807, 2.05) is 49.4 Å². The van der Waals surface area contributed by atoms with Crippen molar-refractivity contribution >= 4 is 22.8 Å². The Labute approximate surface area is 210 Å². The number of fused-ring (bicyclic) bond motifs is 1. The number of aryl methyl sites for hydroxylation is 3. The second-order valence-corrected chi connectivity index (χ2v) is 9.51. The number of para-hydroxylation sites is 1. The number of aromatic nitrogens is 4. The third kappa shape index (κ3) is 5.09. The molecule has 0 radical (unpaired) electrons. The van der Waals surface area contributed by atoms with Crippen molar-refractivity contribution in [2.75, 3.05) is 18.4 Å². The van der Waals surface area contributed by atoms with E-state index in [-0.39, 0.29) is 24.3 Å². The first kappa shape index (κ1) is 23.9. The van der Waals surface area contributed by atoms with Crippen molar-refractivity contribution < 1.29 is 4.79 Å². The van der Waals surface area contributed by atoms with Crippen molar-refractivity contribution in [2.45, 2.75) is 45.6 Å². The summed E-state index contributed by atoms with van der Waals surface area (Å²) in [6.45, 7) is 5.14. The highest BCUT2D eigenvalue weighted by Crippen LogP contribution is 2.20. The highest BCUT2D eigenvalue weighted by Gasteiger charge is 2.18. The fourth-order valence-electron chi connectivity index (χ4n) is 4.85. The SMILES string of the molecule is Cc1nn(-c2ccccc2)c2c1nc(CCC(=O)Nc1ccc(CN3CCCCC3)cc1)c(=O)n2C. The van der Waals surface area contributed by atoms with E-state index in [0.717, 1.165) is 36.7 Å². The summed E-state index contributed by atoms with van der Waals surface area (Å²) in [6.07, 6.45) is 4.31. The van der Waals surface area contributed by atoms with Crippen molar-refractivity contribution in [3.63, 3.8) is 0 Å². The minimum atomic E-state index is -0.213. The number of piperidine rings is 1. The summed E-state index contributed by atoms with van der Waals surface area (Å²) in [5, 5.41) is 7.56. The van der Waals surface area contributed by atoms with E-state index in [0.29, 0.717) is 16.9 Å². The lowest BCUT2D eigenvalue weighted by molar-refractivity contribution is -0.116. The number of likely N-dealkylation sites (tertiary alicyclic amines) is 1. The predicted octanol–water partition coefficient (Wildman–Crippen LogP) is 3.98. The molecule has 0 unspecified atom stereocenters. The highest BCUT2D eigenvalue weighted by molar-refractivity contribution is 5.90. The molecule has 2 aromatic heterocycles. The normalized spacial score (nSPS) is 14.3. The zero-order valence-corrected chi connectivity index (χ0v) is 20.9. The van der Waals surface area contributed by atoms with Gasteiger partial charge < -0.3 is 5.32 Å². The molecule has 1 saturated heterocycles. The summed E-state index contributed by atoms with van der Waals surface area (Å²) in [6, 6.07) is 17.7. The van der Waals surface area contributed by atoms with Crippen molar-refractivity contribution in [1.82, 2.24) is 24.2 Å². The van der Waals surface area contributed by atoms with Crippen molar-refractivity contribution in [2.24, 2.45) is 7.05 Å². The molecule has 1 aliphatic rings. The molecular formula is C28H32N6O2. The number of rotatable bonds is 7. The van der Waals surface area contributed by atoms with E-state index in [1.165, 1.54) is 24.8 Å². The molecule has 4 aromatic rings. The summed E-state index contributed by atoms with van der Waals surface area (Å²) >= 11 is 0. The molecular weight excluding hydrogens is 452 g/mol. The van der Waals surface area contributed by atoms with Gasteiger partial charge >= 0.3 is 0 Å². The van der Waals surface area contributed by atoms with Crippen LogP contribution in [-0.4, -0.2) is 43.2 Å². The van der Waals surface area contributed by atoms with Gasteiger partial charge in [0.2, 0.25) is 5.91 Å². The Balaban J connectivity index is 1.25. The molecule has 0 aliphatic carbocycles. The third-order valence-electron chi connectivity index (χ3n) is 6.80. The van der Waals surface area contributed by atoms with Crippen LogP contribution in [0.2, 0.25) is 0 Å². The summed E-state index contributed by atoms with van der Waals surface area (Å²) < 4.78 is 3.31. The Hall–Kier alpha value is -3.78. The Morgan fingerprint density at radius 3 is 2.44 bits per heavy atom. The van der Waals surface area contributed by atoms with Gasteiger partial charge in [0.05, 0.1) is 11.4 Å². The number of amides is 1. The molecule has 1 aliphatic heterocycles. The Bertz CT molecular complexity index is 1420. The van der Waals surface area contributed by atoms with Crippen LogP contribution in [0.3, 0.4) is 0 Å². The second kappa shape index (κ2) is 10.5. The van der Waals surface area contributed by atoms with Gasteiger partial charge in [-0.25, -0.2) is 9.67 Å². The van der Waals surface area contributed by atoms with E-state index in [9.17, 15) is 9.59 Å². The van der Waals surface area contributed by atoms with E-state index >= 15 is 0 Å². The summed E-state index contributed by atoms with van der Waals surface area (Å²) in [4.78, 5) is 32.8. The number of hydrogen-bond donors (Lipinski definition) is 1. The molecule has 0 bridgehead atoms. The molecule has 1 N–H and O–H groups in total. The van der Waals surface area contributed by atoms with Crippen LogP contribution < -0.4 is 10.9 Å². The molecule has 1 amide bonds. The van der Waals surface area contributed by atoms with E-state index in [4.69, 9.17) is 0 Å². The van der Waals surface area contributed by atoms with Crippen LogP contribution in [-0.2, 0) is 24.8 Å². The molecule has 5 rings (SSSR count). The number of nitrogens with one attached hydrogen (secondary N) is 1. The number of anilines is 1. The highest BCUT2D eigenvalue weighted by atomic mass is 16.1. The van der Waals surface area contributed by atoms with Crippen LogP contribution in [0.4, 0.5) is 5.69 Å². The van der Waals surface area contributed by atoms with E-state index in [2.05, 4.69) is 32.4 Å². The van der Waals surface area contributed by atoms with E-state index < -0.39 is 0 Å². The standard InChI is InChI=1S/C28H32N6O2/c1-20-26-27(34(31-20)23-9-5-3-6-10-23)32(2)28(36)24(30-26)15-16-25(35)29-22-13-11-21(12-14-22)19-33-17-7-4-8-18-33/h3,5-6,9-14H,4,7-8,15-19H2,1-2H3,(H,29,35). The van der Waals surface area contributed by atoms with Gasteiger partial charge in [-0.05, 0) is 62.7 Å². The number of carbonyl (C=O) groups is 1. The number of benzene rings is 2. The topological polar surface area (TPSA) is 85.1 Å². The van der Waals surface area contributed by atoms with Gasteiger partial charge in [-0.15, -0.1) is 0 Å². The fourth-order valence-corrected chi connectivity index (χ4v) is 4.85. The summed E-state index contributed by atoms with van der Waals surface area (Å²) in [5.74, 6) is -0.139. The maximum Gasteiger partial charge on any atom is 0.273 e. The maximum absolute atomic E-state index is 13.1. The number of carbonyl (C=O) groups excluding carboxylic acids is 1. The molecule has 186 valence electrons. The molecule has 3 heterocycles. The number of nitrogens with zero attached hydrogens (tertiary/aromatic N) is 5. The largest absolute Gasteiger partial charge is 0.326 e. The van der Waals surface area contributed by atoms with Crippen LogP contribution in [0.15, 0.2) is 59.4 Å². The average molecular weight is 485 g/mol. The Morgan fingerprint density at radius 1 is 1.00 bits per heavy atom. The zero-order valence-electron chi connectivity index (χ0n) is 20.9. The van der Waals surface area contributed by atoms with Gasteiger partial charge in [-0.1, -0.05) is 36.8 Å². The molecule has 0 saturated carbocycles. The summed E-state index contributed by atoms with van der Waals surface area (Å²) in [7, 11) is 1.72. The van der Waals surface area contributed by atoms with Gasteiger partial charge in [0, 0.05) is 32.1 Å². The molecule has 0 atom stereocenters. The first-order chi connectivity index (χ1) is 17.5. The van der Waals surface area contributed by atoms with Crippen LogP contribution >= 0.6 is 0 Å². The second-order valence-electron chi connectivity index (χ2n) is 9.51. The minimum absolute atomic E-state index is 0.139. The Kier molecular flexibility index (Phi) is 6.95. The first-order valence-corrected chi connectivity index (χ1v) is 12.6. The zero-order chi connectivity index (χ0) is 25.1.